The predicted octanol–water partition coefficient (Wildman–Crippen LogP) is 2.01. The first-order valence-corrected chi connectivity index (χ1v) is 6.04. The number of carboxylic acids is 1. The summed E-state index contributed by atoms with van der Waals surface area (Å²) in [7, 11) is 0. The third-order valence-corrected chi connectivity index (χ3v) is 3.32. The maximum absolute atomic E-state index is 11.0. The van der Waals surface area contributed by atoms with Crippen LogP contribution in [0.4, 0.5) is 5.69 Å². The largest absolute Gasteiger partial charge is 0.481 e. The van der Waals surface area contributed by atoms with E-state index in [0.29, 0.717) is 17.7 Å². The Morgan fingerprint density at radius 3 is 3.11 bits per heavy atom. The summed E-state index contributed by atoms with van der Waals surface area (Å²) in [6.07, 6.45) is 6.37. The van der Waals surface area contributed by atoms with Crippen LogP contribution in [0.1, 0.15) is 31.2 Å². The summed E-state index contributed by atoms with van der Waals surface area (Å²) >= 11 is 0. The summed E-state index contributed by atoms with van der Waals surface area (Å²) in [6, 6.07) is 3.86. The fraction of sp³-hybridized carbons (Fsp3) is 0.462. The lowest BCUT2D eigenvalue weighted by atomic mass is 9.85. The van der Waals surface area contributed by atoms with Crippen LogP contribution < -0.4 is 5.32 Å². The number of carboxylic acid groups (broad SMARTS) is 1. The van der Waals surface area contributed by atoms with E-state index >= 15 is 0 Å². The summed E-state index contributed by atoms with van der Waals surface area (Å²) in [5.74, 6) is -1.01. The zero-order valence-corrected chi connectivity index (χ0v) is 9.97. The average molecular weight is 245 g/mol. The summed E-state index contributed by atoms with van der Waals surface area (Å²) in [5, 5.41) is 21.2. The van der Waals surface area contributed by atoms with Gasteiger partial charge >= 0.3 is 5.97 Å². The molecule has 2 N–H and O–H groups in total. The van der Waals surface area contributed by atoms with Gasteiger partial charge in [-0.25, -0.2) is 0 Å². The van der Waals surface area contributed by atoms with Gasteiger partial charge in [-0.3, -0.25) is 9.78 Å². The molecule has 1 fully saturated rings. The zero-order valence-electron chi connectivity index (χ0n) is 9.97. The molecule has 5 nitrogen and oxygen atoms in total. The van der Waals surface area contributed by atoms with Crippen LogP contribution in [-0.4, -0.2) is 22.1 Å². The molecule has 0 saturated heterocycles. The van der Waals surface area contributed by atoms with Gasteiger partial charge < -0.3 is 10.4 Å². The highest BCUT2D eigenvalue weighted by molar-refractivity contribution is 5.70. The van der Waals surface area contributed by atoms with E-state index in [-0.39, 0.29) is 12.0 Å². The SMILES string of the molecule is N#Cc1ccncc1NC1CCCC(C(=O)O)C1. The minimum Gasteiger partial charge on any atom is -0.481 e. The van der Waals surface area contributed by atoms with Crippen LogP contribution in [-0.2, 0) is 4.79 Å². The van der Waals surface area contributed by atoms with E-state index < -0.39 is 5.97 Å². The second kappa shape index (κ2) is 5.50. The average Bonchev–Trinajstić information content (AvgIpc) is 2.39. The van der Waals surface area contributed by atoms with Crippen molar-refractivity contribution in [2.75, 3.05) is 5.32 Å². The molecule has 5 heteroatoms. The van der Waals surface area contributed by atoms with E-state index in [9.17, 15) is 4.79 Å². The second-order valence-corrected chi connectivity index (χ2v) is 4.58. The number of carbonyl (C=O) groups is 1. The molecule has 94 valence electrons. The fourth-order valence-electron chi connectivity index (χ4n) is 2.37. The number of aliphatic carboxylic acids is 1. The predicted molar refractivity (Wildman–Crippen MR) is 66.0 cm³/mol. The Bertz CT molecular complexity index is 481. The minimum absolute atomic E-state index is 0.108. The Labute approximate surface area is 105 Å². The number of hydrogen-bond donors (Lipinski definition) is 2. The van der Waals surface area contributed by atoms with Gasteiger partial charge in [-0.05, 0) is 25.3 Å². The van der Waals surface area contributed by atoms with Crippen LogP contribution in [0.2, 0.25) is 0 Å². The molecule has 0 radical (unpaired) electrons. The van der Waals surface area contributed by atoms with Gasteiger partial charge in [0, 0.05) is 12.2 Å². The summed E-state index contributed by atoms with van der Waals surface area (Å²) in [4.78, 5) is 15.0. The molecular weight excluding hydrogens is 230 g/mol. The molecule has 18 heavy (non-hydrogen) atoms. The fourth-order valence-corrected chi connectivity index (χ4v) is 2.37. The van der Waals surface area contributed by atoms with Crippen molar-refractivity contribution in [3.8, 4) is 6.07 Å². The number of nitrogens with zero attached hydrogens (tertiary/aromatic N) is 2. The van der Waals surface area contributed by atoms with Crippen molar-refractivity contribution in [2.45, 2.75) is 31.7 Å². The molecule has 0 aromatic carbocycles. The Morgan fingerprint density at radius 2 is 2.39 bits per heavy atom. The number of aromatic nitrogens is 1. The first-order valence-electron chi connectivity index (χ1n) is 6.04. The molecule has 2 rings (SSSR count). The number of anilines is 1. The lowest BCUT2D eigenvalue weighted by Gasteiger charge is -2.28. The maximum atomic E-state index is 11.0. The normalized spacial score (nSPS) is 23.1. The van der Waals surface area contributed by atoms with E-state index in [2.05, 4.69) is 16.4 Å². The first-order chi connectivity index (χ1) is 8.70. The first kappa shape index (κ1) is 12.4. The zero-order chi connectivity index (χ0) is 13.0. The van der Waals surface area contributed by atoms with Gasteiger partial charge in [0.05, 0.1) is 23.4 Å². The molecule has 0 amide bonds. The number of pyridine rings is 1. The molecule has 2 atom stereocenters. The van der Waals surface area contributed by atoms with Crippen LogP contribution in [0, 0.1) is 17.2 Å². The van der Waals surface area contributed by atoms with Crippen molar-refractivity contribution in [3.05, 3.63) is 24.0 Å². The number of rotatable bonds is 3. The van der Waals surface area contributed by atoms with Gasteiger partial charge in [-0.15, -0.1) is 0 Å². The van der Waals surface area contributed by atoms with Crippen LogP contribution in [0.3, 0.4) is 0 Å². The van der Waals surface area contributed by atoms with Gasteiger partial charge in [0.2, 0.25) is 0 Å². The van der Waals surface area contributed by atoms with Gasteiger partial charge in [0.25, 0.3) is 0 Å². The van der Waals surface area contributed by atoms with Crippen LogP contribution >= 0.6 is 0 Å². The van der Waals surface area contributed by atoms with E-state index in [4.69, 9.17) is 10.4 Å². The Hall–Kier alpha value is -2.09. The molecule has 0 aliphatic heterocycles. The third kappa shape index (κ3) is 2.77. The number of nitrogens with one attached hydrogen (secondary N) is 1. The van der Waals surface area contributed by atoms with Crippen molar-refractivity contribution in [1.82, 2.24) is 4.98 Å². The van der Waals surface area contributed by atoms with E-state index in [0.717, 1.165) is 19.3 Å². The summed E-state index contributed by atoms with van der Waals surface area (Å²) < 4.78 is 0. The minimum atomic E-state index is -0.729. The van der Waals surface area contributed by atoms with Crippen molar-refractivity contribution in [1.29, 1.82) is 5.26 Å². The molecule has 1 heterocycles. The molecule has 1 aromatic rings. The number of nitriles is 1. The summed E-state index contributed by atoms with van der Waals surface area (Å²) in [5.41, 5.74) is 1.23. The highest BCUT2D eigenvalue weighted by atomic mass is 16.4. The highest BCUT2D eigenvalue weighted by Gasteiger charge is 2.27. The maximum Gasteiger partial charge on any atom is 0.306 e. The lowest BCUT2D eigenvalue weighted by Crippen LogP contribution is -2.31. The van der Waals surface area contributed by atoms with E-state index in [1.54, 1.807) is 18.5 Å². The lowest BCUT2D eigenvalue weighted by molar-refractivity contribution is -0.142. The topological polar surface area (TPSA) is 86.0 Å². The van der Waals surface area contributed by atoms with Crippen molar-refractivity contribution in [3.63, 3.8) is 0 Å². The summed E-state index contributed by atoms with van der Waals surface area (Å²) in [6.45, 7) is 0. The molecular formula is C13H15N3O2. The monoisotopic (exact) mass is 245 g/mol. The second-order valence-electron chi connectivity index (χ2n) is 4.58. The molecule has 0 bridgehead atoms. The Kier molecular flexibility index (Phi) is 3.78. The van der Waals surface area contributed by atoms with Gasteiger partial charge in [-0.2, -0.15) is 5.26 Å². The van der Waals surface area contributed by atoms with Gasteiger partial charge in [0.1, 0.15) is 6.07 Å². The smallest absolute Gasteiger partial charge is 0.306 e. The van der Waals surface area contributed by atoms with E-state index in [1.807, 2.05) is 0 Å². The van der Waals surface area contributed by atoms with Gasteiger partial charge in [-0.1, -0.05) is 6.42 Å². The Morgan fingerprint density at radius 1 is 1.56 bits per heavy atom. The van der Waals surface area contributed by atoms with Gasteiger partial charge in [0.15, 0.2) is 0 Å². The molecule has 1 aromatic heterocycles. The quantitative estimate of drug-likeness (QED) is 0.850. The standard InChI is InChI=1S/C13H15N3O2/c14-7-10-4-5-15-8-12(10)16-11-3-1-2-9(6-11)13(17)18/h4-5,8-9,11,16H,1-3,6H2,(H,17,18). The third-order valence-electron chi connectivity index (χ3n) is 3.32. The van der Waals surface area contributed by atoms with Crippen LogP contribution in [0.15, 0.2) is 18.5 Å². The number of hydrogen-bond acceptors (Lipinski definition) is 4. The van der Waals surface area contributed by atoms with Crippen LogP contribution in [0.5, 0.6) is 0 Å². The molecule has 1 aliphatic carbocycles. The molecule has 1 saturated carbocycles. The molecule has 0 spiro atoms. The van der Waals surface area contributed by atoms with Crippen molar-refractivity contribution < 1.29 is 9.90 Å². The van der Waals surface area contributed by atoms with Crippen molar-refractivity contribution in [2.24, 2.45) is 5.92 Å². The van der Waals surface area contributed by atoms with E-state index in [1.165, 1.54) is 0 Å². The highest BCUT2D eigenvalue weighted by Crippen LogP contribution is 2.27. The van der Waals surface area contributed by atoms with Crippen LogP contribution in [0.25, 0.3) is 0 Å². The Balaban J connectivity index is 2.05. The molecule has 2 unspecified atom stereocenters. The molecule has 1 aliphatic rings. The van der Waals surface area contributed by atoms with Crippen molar-refractivity contribution >= 4 is 11.7 Å².